The van der Waals surface area contributed by atoms with E-state index in [1.165, 1.54) is 0 Å². The lowest BCUT2D eigenvalue weighted by Gasteiger charge is -2.29. The second-order valence-corrected chi connectivity index (χ2v) is 8.04. The van der Waals surface area contributed by atoms with Crippen LogP contribution in [0.4, 0.5) is 0 Å². The van der Waals surface area contributed by atoms with Crippen LogP contribution in [0.3, 0.4) is 0 Å². The van der Waals surface area contributed by atoms with Crippen molar-refractivity contribution >= 4 is 29.8 Å². The molecule has 2 saturated heterocycles. The van der Waals surface area contributed by atoms with Gasteiger partial charge in [0, 0.05) is 6.04 Å². The van der Waals surface area contributed by atoms with Gasteiger partial charge >= 0.3 is 11.9 Å². The zero-order chi connectivity index (χ0) is 22.9. The van der Waals surface area contributed by atoms with Crippen molar-refractivity contribution in [3.63, 3.8) is 0 Å². The molecule has 0 radical (unpaired) electrons. The number of likely N-dealkylation sites (tertiary alicyclic amines) is 1. The molecule has 2 aromatic carbocycles. The van der Waals surface area contributed by atoms with E-state index >= 15 is 0 Å². The number of hydrogen-bond donors (Lipinski definition) is 3. The summed E-state index contributed by atoms with van der Waals surface area (Å²) < 4.78 is 0. The van der Waals surface area contributed by atoms with Gasteiger partial charge in [0.05, 0.1) is 24.8 Å². The van der Waals surface area contributed by atoms with Gasteiger partial charge in [-0.3, -0.25) is 29.4 Å². The minimum Gasteiger partial charge on any atom is -0.481 e. The third-order valence-electron chi connectivity index (χ3n) is 6.08. The Morgan fingerprint density at radius 3 is 2.19 bits per heavy atom. The Morgan fingerprint density at radius 1 is 0.969 bits per heavy atom. The molecule has 4 atom stereocenters. The van der Waals surface area contributed by atoms with Crippen molar-refractivity contribution in [2.24, 2.45) is 11.8 Å². The van der Waals surface area contributed by atoms with E-state index in [0.29, 0.717) is 0 Å². The molecule has 4 unspecified atom stereocenters. The molecule has 2 aliphatic rings. The lowest BCUT2D eigenvalue weighted by atomic mass is 9.78. The van der Waals surface area contributed by atoms with E-state index in [-0.39, 0.29) is 6.54 Å². The minimum absolute atomic E-state index is 0.00337. The highest BCUT2D eigenvalue weighted by Crippen LogP contribution is 2.45. The normalized spacial score (nSPS) is 27.1. The first-order chi connectivity index (χ1) is 15.3. The Kier molecular flexibility index (Phi) is 5.63. The summed E-state index contributed by atoms with van der Waals surface area (Å²) in [4.78, 5) is 51.5. The number of benzene rings is 2. The zero-order valence-electron chi connectivity index (χ0n) is 17.0. The van der Waals surface area contributed by atoms with Crippen LogP contribution in [-0.4, -0.2) is 50.4 Å². The average Bonchev–Trinajstić information content (AvgIpc) is 3.23. The van der Waals surface area contributed by atoms with Crippen LogP contribution in [0.25, 0.3) is 6.08 Å². The Hall–Kier alpha value is -3.78. The molecule has 8 nitrogen and oxygen atoms in total. The number of rotatable bonds is 7. The van der Waals surface area contributed by atoms with Gasteiger partial charge in [-0.05, 0) is 11.1 Å². The highest BCUT2D eigenvalue weighted by Gasteiger charge is 2.68. The van der Waals surface area contributed by atoms with Crippen molar-refractivity contribution < 1.29 is 29.4 Å². The number of carboxylic acids is 2. The molecule has 0 aliphatic carbocycles. The van der Waals surface area contributed by atoms with Crippen LogP contribution in [0.5, 0.6) is 0 Å². The van der Waals surface area contributed by atoms with Gasteiger partial charge in [0.15, 0.2) is 0 Å². The predicted octanol–water partition coefficient (Wildman–Crippen LogP) is 1.77. The van der Waals surface area contributed by atoms with Crippen molar-refractivity contribution in [2.75, 3.05) is 0 Å². The molecule has 8 heteroatoms. The summed E-state index contributed by atoms with van der Waals surface area (Å²) in [6.07, 6.45) is 2.54. The van der Waals surface area contributed by atoms with E-state index in [9.17, 15) is 29.4 Å². The SMILES string of the molecule is O=C(O)CC1(C(=O)O)NC(C=Cc2ccccc2)C2C(=O)N(Cc3ccccc3)C(=O)C21. The summed E-state index contributed by atoms with van der Waals surface area (Å²) in [5, 5.41) is 22.3. The molecule has 2 aromatic rings. The Balaban J connectivity index is 1.73. The number of hydrogen-bond acceptors (Lipinski definition) is 5. The molecule has 0 bridgehead atoms. The summed E-state index contributed by atoms with van der Waals surface area (Å²) in [5.41, 5.74) is -0.534. The molecular weight excluding hydrogens is 412 g/mol. The highest BCUT2D eigenvalue weighted by molar-refractivity contribution is 6.10. The van der Waals surface area contributed by atoms with Gasteiger partial charge < -0.3 is 10.2 Å². The van der Waals surface area contributed by atoms with Gasteiger partial charge in [-0.1, -0.05) is 72.8 Å². The summed E-state index contributed by atoms with van der Waals surface area (Å²) in [6.45, 7) is 0.00337. The smallest absolute Gasteiger partial charge is 0.325 e. The lowest BCUT2D eigenvalue weighted by molar-refractivity contribution is -0.156. The molecule has 164 valence electrons. The Bertz CT molecular complexity index is 1080. The quantitative estimate of drug-likeness (QED) is 0.568. The third kappa shape index (κ3) is 3.69. The average molecular weight is 434 g/mol. The maximum atomic E-state index is 13.3. The van der Waals surface area contributed by atoms with Crippen LogP contribution in [0, 0.1) is 11.8 Å². The first kappa shape index (κ1) is 21.5. The van der Waals surface area contributed by atoms with Gasteiger partial charge in [-0.25, -0.2) is 0 Å². The van der Waals surface area contributed by atoms with Gasteiger partial charge in [-0.2, -0.15) is 0 Å². The summed E-state index contributed by atoms with van der Waals surface area (Å²) in [5.74, 6) is -6.34. The molecule has 0 aromatic heterocycles. The van der Waals surface area contributed by atoms with Crippen LogP contribution >= 0.6 is 0 Å². The van der Waals surface area contributed by atoms with Crippen LogP contribution in [0.2, 0.25) is 0 Å². The number of nitrogens with one attached hydrogen (secondary N) is 1. The Labute approximate surface area is 184 Å². The number of carbonyl (C=O) groups excluding carboxylic acids is 2. The first-order valence-electron chi connectivity index (χ1n) is 10.2. The number of amides is 2. The van der Waals surface area contributed by atoms with E-state index < -0.39 is 53.6 Å². The summed E-state index contributed by atoms with van der Waals surface area (Å²) >= 11 is 0. The topological polar surface area (TPSA) is 124 Å². The fourth-order valence-corrected chi connectivity index (χ4v) is 4.65. The maximum Gasteiger partial charge on any atom is 0.325 e. The second-order valence-electron chi connectivity index (χ2n) is 8.04. The van der Waals surface area contributed by atoms with E-state index in [1.807, 2.05) is 36.4 Å². The van der Waals surface area contributed by atoms with E-state index in [1.54, 1.807) is 36.4 Å². The van der Waals surface area contributed by atoms with Gasteiger partial charge in [-0.15, -0.1) is 0 Å². The van der Waals surface area contributed by atoms with E-state index in [0.717, 1.165) is 16.0 Å². The van der Waals surface area contributed by atoms with Crippen molar-refractivity contribution in [3.8, 4) is 0 Å². The molecule has 3 N–H and O–H groups in total. The molecule has 2 fully saturated rings. The molecule has 0 spiro atoms. The van der Waals surface area contributed by atoms with Crippen molar-refractivity contribution in [1.29, 1.82) is 0 Å². The molecular formula is C24H22N2O6. The van der Waals surface area contributed by atoms with Crippen LogP contribution in [0.1, 0.15) is 17.5 Å². The lowest BCUT2D eigenvalue weighted by Crippen LogP contribution is -2.57. The largest absolute Gasteiger partial charge is 0.481 e. The molecule has 32 heavy (non-hydrogen) atoms. The second kappa shape index (κ2) is 8.39. The number of fused-ring (bicyclic) bond motifs is 1. The molecule has 4 rings (SSSR count). The zero-order valence-corrected chi connectivity index (χ0v) is 17.0. The number of nitrogens with zero attached hydrogens (tertiary/aromatic N) is 1. The van der Waals surface area contributed by atoms with Crippen LogP contribution < -0.4 is 5.32 Å². The fourth-order valence-electron chi connectivity index (χ4n) is 4.65. The van der Waals surface area contributed by atoms with E-state index in [4.69, 9.17) is 0 Å². The van der Waals surface area contributed by atoms with Gasteiger partial charge in [0.25, 0.3) is 0 Å². The molecule has 2 aliphatic heterocycles. The van der Waals surface area contributed by atoms with E-state index in [2.05, 4.69) is 5.32 Å². The van der Waals surface area contributed by atoms with Gasteiger partial charge in [0.1, 0.15) is 5.54 Å². The highest BCUT2D eigenvalue weighted by atomic mass is 16.4. The van der Waals surface area contributed by atoms with Crippen molar-refractivity contribution in [2.45, 2.75) is 24.5 Å². The minimum atomic E-state index is -2.08. The summed E-state index contributed by atoms with van der Waals surface area (Å²) in [7, 11) is 0. The van der Waals surface area contributed by atoms with Crippen LogP contribution in [0.15, 0.2) is 66.7 Å². The van der Waals surface area contributed by atoms with Gasteiger partial charge in [0.2, 0.25) is 11.8 Å². The van der Waals surface area contributed by atoms with Crippen LogP contribution in [-0.2, 0) is 25.7 Å². The fraction of sp³-hybridized carbons (Fsp3) is 0.250. The number of imide groups is 1. The summed E-state index contributed by atoms with van der Waals surface area (Å²) in [6, 6.07) is 17.3. The molecule has 0 saturated carbocycles. The Morgan fingerprint density at radius 2 is 1.59 bits per heavy atom. The monoisotopic (exact) mass is 434 g/mol. The number of carboxylic acid groups (broad SMARTS) is 2. The van der Waals surface area contributed by atoms with Crippen molar-refractivity contribution in [3.05, 3.63) is 77.9 Å². The maximum absolute atomic E-state index is 13.3. The predicted molar refractivity (Wildman–Crippen MR) is 114 cm³/mol. The number of carbonyl (C=O) groups is 4. The standard InChI is InChI=1S/C24H22N2O6/c27-18(28)13-24(23(31)32)20-19(17(25-24)12-11-15-7-3-1-4-8-15)21(29)26(22(20)30)14-16-9-5-2-6-10-16/h1-12,17,19-20,25H,13-14H2,(H,27,28)(H,31,32). The third-order valence-corrected chi connectivity index (χ3v) is 6.08. The first-order valence-corrected chi connectivity index (χ1v) is 10.2. The molecule has 2 amide bonds. The van der Waals surface area contributed by atoms with Crippen molar-refractivity contribution in [1.82, 2.24) is 10.2 Å². The molecule has 2 heterocycles. The number of aliphatic carboxylic acids is 2.